The van der Waals surface area contributed by atoms with Crippen LogP contribution in [0.4, 0.5) is 11.4 Å². The van der Waals surface area contributed by atoms with Gasteiger partial charge in [0.15, 0.2) is 0 Å². The number of hydrogen-bond donors (Lipinski definition) is 1. The van der Waals surface area contributed by atoms with Crippen molar-refractivity contribution < 1.29 is 13.3 Å². The molecule has 3 aromatic carbocycles. The number of halogens is 2. The molecular weight excluding hydrogens is 411 g/mol. The molecule has 9 heteroatoms. The predicted molar refractivity (Wildman–Crippen MR) is 106 cm³/mol. The van der Waals surface area contributed by atoms with Crippen LogP contribution < -0.4 is 4.72 Å². The number of nitrogens with zero attached hydrogens (tertiary/aromatic N) is 1. The van der Waals surface area contributed by atoms with Gasteiger partial charge >= 0.3 is 0 Å². The second-order valence-corrected chi connectivity index (χ2v) is 7.94. The molecule has 27 heavy (non-hydrogen) atoms. The third-order valence-corrected chi connectivity index (χ3v) is 6.05. The Morgan fingerprint density at radius 1 is 0.852 bits per heavy atom. The quantitative estimate of drug-likeness (QED) is 0.441. The Morgan fingerprint density at radius 3 is 2.07 bits per heavy atom. The standard InChI is InChI=1S/C18H12Cl2N2O4S/c19-14-7-4-8-15(20)18(14)27(25,26)21-16-10-9-13(11-17(16)22(23)24)12-5-2-1-3-6-12/h1-11,21H. The van der Waals surface area contributed by atoms with Gasteiger partial charge in [-0.2, -0.15) is 0 Å². The lowest BCUT2D eigenvalue weighted by atomic mass is 10.0. The van der Waals surface area contributed by atoms with Gasteiger partial charge in [-0.3, -0.25) is 14.8 Å². The number of nitro groups is 1. The fraction of sp³-hybridized carbons (Fsp3) is 0. The van der Waals surface area contributed by atoms with E-state index in [1.54, 1.807) is 30.3 Å². The summed E-state index contributed by atoms with van der Waals surface area (Å²) in [7, 11) is -4.23. The lowest BCUT2D eigenvalue weighted by Gasteiger charge is -2.12. The number of rotatable bonds is 5. The van der Waals surface area contributed by atoms with Crippen molar-refractivity contribution in [3.63, 3.8) is 0 Å². The SMILES string of the molecule is O=[N+]([O-])c1cc(-c2ccccc2)ccc1NS(=O)(=O)c1c(Cl)cccc1Cl. The Bertz CT molecular complexity index is 1100. The van der Waals surface area contributed by atoms with Crippen molar-refractivity contribution in [1.82, 2.24) is 0 Å². The third-order valence-electron chi connectivity index (χ3n) is 3.73. The second-order valence-electron chi connectivity index (χ2n) is 5.51. The summed E-state index contributed by atoms with van der Waals surface area (Å²) in [6.45, 7) is 0. The van der Waals surface area contributed by atoms with Gasteiger partial charge in [-0.15, -0.1) is 0 Å². The van der Waals surface area contributed by atoms with Crippen LogP contribution in [0.2, 0.25) is 10.0 Å². The first-order chi connectivity index (χ1) is 12.8. The van der Waals surface area contributed by atoms with Gasteiger partial charge in [-0.1, -0.05) is 65.7 Å². The van der Waals surface area contributed by atoms with Crippen molar-refractivity contribution in [2.45, 2.75) is 4.90 Å². The van der Waals surface area contributed by atoms with E-state index < -0.39 is 14.9 Å². The number of nitrogens with one attached hydrogen (secondary N) is 1. The zero-order chi connectivity index (χ0) is 19.6. The van der Waals surface area contributed by atoms with Gasteiger partial charge in [0.1, 0.15) is 10.6 Å². The summed E-state index contributed by atoms with van der Waals surface area (Å²) in [5, 5.41) is 11.3. The molecule has 1 N–H and O–H groups in total. The largest absolute Gasteiger partial charge is 0.293 e. The minimum absolute atomic E-state index is 0.0847. The molecule has 0 aliphatic rings. The summed E-state index contributed by atoms with van der Waals surface area (Å²) < 4.78 is 27.5. The molecule has 138 valence electrons. The lowest BCUT2D eigenvalue weighted by molar-refractivity contribution is -0.383. The van der Waals surface area contributed by atoms with Gasteiger partial charge in [0, 0.05) is 6.07 Å². The number of nitro benzene ring substituents is 1. The molecule has 0 saturated heterocycles. The maximum atomic E-state index is 12.7. The molecule has 3 aromatic rings. The van der Waals surface area contributed by atoms with Crippen LogP contribution >= 0.6 is 23.2 Å². The third kappa shape index (κ3) is 4.05. The fourth-order valence-corrected chi connectivity index (χ4v) is 4.73. The predicted octanol–water partition coefficient (Wildman–Crippen LogP) is 5.37. The van der Waals surface area contributed by atoms with Gasteiger partial charge in [-0.25, -0.2) is 8.42 Å². The zero-order valence-corrected chi connectivity index (χ0v) is 15.9. The summed E-state index contributed by atoms with van der Waals surface area (Å²) in [6.07, 6.45) is 0. The maximum absolute atomic E-state index is 12.7. The van der Waals surface area contributed by atoms with Crippen LogP contribution in [0, 0.1) is 10.1 Å². The minimum Gasteiger partial charge on any atom is -0.273 e. The van der Waals surface area contributed by atoms with Crippen LogP contribution in [0.5, 0.6) is 0 Å². The van der Waals surface area contributed by atoms with E-state index in [0.29, 0.717) is 5.56 Å². The molecule has 0 aromatic heterocycles. The molecule has 0 heterocycles. The topological polar surface area (TPSA) is 89.3 Å². The van der Waals surface area contributed by atoms with Crippen molar-refractivity contribution in [3.05, 3.63) is 86.9 Å². The van der Waals surface area contributed by atoms with Crippen molar-refractivity contribution in [3.8, 4) is 11.1 Å². The van der Waals surface area contributed by atoms with Crippen molar-refractivity contribution in [1.29, 1.82) is 0 Å². The molecule has 0 amide bonds. The average Bonchev–Trinajstić information content (AvgIpc) is 2.62. The van der Waals surface area contributed by atoms with Gasteiger partial charge in [0.05, 0.1) is 15.0 Å². The van der Waals surface area contributed by atoms with E-state index in [0.717, 1.165) is 5.56 Å². The molecule has 0 spiro atoms. The monoisotopic (exact) mass is 422 g/mol. The lowest BCUT2D eigenvalue weighted by Crippen LogP contribution is -2.15. The first kappa shape index (κ1) is 19.2. The van der Waals surface area contributed by atoms with Crippen LogP contribution in [-0.2, 0) is 10.0 Å². The summed E-state index contributed by atoms with van der Waals surface area (Å²) in [5.74, 6) is 0. The van der Waals surface area contributed by atoms with Crippen LogP contribution in [0.25, 0.3) is 11.1 Å². The van der Waals surface area contributed by atoms with E-state index in [2.05, 4.69) is 4.72 Å². The smallest absolute Gasteiger partial charge is 0.273 e. The minimum atomic E-state index is -4.23. The molecule has 0 atom stereocenters. The molecule has 3 rings (SSSR count). The second kappa shape index (κ2) is 7.56. The number of benzene rings is 3. The van der Waals surface area contributed by atoms with Crippen molar-refractivity contribution >= 4 is 44.6 Å². The van der Waals surface area contributed by atoms with Crippen LogP contribution in [0.1, 0.15) is 0 Å². The van der Waals surface area contributed by atoms with Crippen LogP contribution in [0.3, 0.4) is 0 Å². The molecule has 0 aliphatic carbocycles. The first-order valence-electron chi connectivity index (χ1n) is 7.60. The zero-order valence-electron chi connectivity index (χ0n) is 13.6. The summed E-state index contributed by atoms with van der Waals surface area (Å²) in [5.41, 5.74) is 0.781. The molecule has 6 nitrogen and oxygen atoms in total. The van der Waals surface area contributed by atoms with Gasteiger partial charge in [0.25, 0.3) is 15.7 Å². The molecule has 0 radical (unpaired) electrons. The Morgan fingerprint density at radius 2 is 1.48 bits per heavy atom. The molecule has 0 aliphatic heterocycles. The van der Waals surface area contributed by atoms with E-state index in [1.165, 1.54) is 30.3 Å². The van der Waals surface area contributed by atoms with E-state index in [-0.39, 0.29) is 26.3 Å². The average molecular weight is 423 g/mol. The summed E-state index contributed by atoms with van der Waals surface area (Å²) in [6, 6.07) is 17.5. The fourth-order valence-electron chi connectivity index (χ4n) is 2.51. The normalized spacial score (nSPS) is 11.2. The molecule has 0 bridgehead atoms. The van der Waals surface area contributed by atoms with Gasteiger partial charge in [-0.05, 0) is 29.3 Å². The molecular formula is C18H12Cl2N2O4S. The van der Waals surface area contributed by atoms with Crippen molar-refractivity contribution in [2.75, 3.05) is 4.72 Å². The molecule has 0 fully saturated rings. The van der Waals surface area contributed by atoms with Crippen LogP contribution in [-0.4, -0.2) is 13.3 Å². The Balaban J connectivity index is 2.06. The molecule has 0 unspecified atom stereocenters. The van der Waals surface area contributed by atoms with Crippen molar-refractivity contribution in [2.24, 2.45) is 0 Å². The first-order valence-corrected chi connectivity index (χ1v) is 9.84. The maximum Gasteiger partial charge on any atom is 0.293 e. The van der Waals surface area contributed by atoms with Crippen LogP contribution in [0.15, 0.2) is 71.6 Å². The highest BCUT2D eigenvalue weighted by Crippen LogP contribution is 2.35. The number of sulfonamides is 1. The van der Waals surface area contributed by atoms with E-state index in [1.807, 2.05) is 6.07 Å². The Labute approximate surface area is 165 Å². The van der Waals surface area contributed by atoms with Gasteiger partial charge in [0.2, 0.25) is 0 Å². The van der Waals surface area contributed by atoms with Gasteiger partial charge < -0.3 is 0 Å². The highest BCUT2D eigenvalue weighted by molar-refractivity contribution is 7.93. The highest BCUT2D eigenvalue weighted by atomic mass is 35.5. The van der Waals surface area contributed by atoms with E-state index >= 15 is 0 Å². The number of hydrogen-bond acceptors (Lipinski definition) is 4. The Kier molecular flexibility index (Phi) is 5.36. The number of anilines is 1. The summed E-state index contributed by atoms with van der Waals surface area (Å²) in [4.78, 5) is 10.5. The Hall–Kier alpha value is -2.61. The summed E-state index contributed by atoms with van der Waals surface area (Å²) >= 11 is 11.9. The highest BCUT2D eigenvalue weighted by Gasteiger charge is 2.25. The van der Waals surface area contributed by atoms with E-state index in [4.69, 9.17) is 23.2 Å². The molecule has 0 saturated carbocycles. The van der Waals surface area contributed by atoms with E-state index in [9.17, 15) is 18.5 Å².